The molecular weight excluding hydrogens is 424 g/mol. The molecule has 0 bridgehead atoms. The van der Waals surface area contributed by atoms with Gasteiger partial charge in [0.05, 0.1) is 0 Å². The van der Waals surface area contributed by atoms with Gasteiger partial charge >= 0.3 is 11.9 Å². The van der Waals surface area contributed by atoms with Crippen LogP contribution in [0.4, 0.5) is 0 Å². The fraction of sp³-hybridized carbons (Fsp3) is 0.733. The molecular formula is C30H50O4. The normalized spacial score (nSPS) is 14.5. The number of carbonyl (C=O) groups is 2. The topological polar surface area (TPSA) is 52.6 Å². The largest absolute Gasteiger partial charge is 0.465 e. The van der Waals surface area contributed by atoms with Crippen molar-refractivity contribution in [3.63, 3.8) is 0 Å². The van der Waals surface area contributed by atoms with Gasteiger partial charge in [0.1, 0.15) is 13.2 Å². The van der Waals surface area contributed by atoms with Crippen LogP contribution in [0.5, 0.6) is 0 Å². The summed E-state index contributed by atoms with van der Waals surface area (Å²) in [5, 5.41) is 0. The van der Waals surface area contributed by atoms with Gasteiger partial charge in [-0.25, -0.2) is 0 Å². The summed E-state index contributed by atoms with van der Waals surface area (Å²) < 4.78 is 11.3. The smallest absolute Gasteiger partial charge is 0.305 e. The van der Waals surface area contributed by atoms with E-state index < -0.39 is 0 Å². The quantitative estimate of drug-likeness (QED) is 0.0897. The molecule has 0 aromatic heterocycles. The Morgan fingerprint density at radius 3 is 1.53 bits per heavy atom. The first-order valence-corrected chi connectivity index (χ1v) is 13.8. The van der Waals surface area contributed by atoms with Gasteiger partial charge in [-0.1, -0.05) is 75.7 Å². The van der Waals surface area contributed by atoms with Gasteiger partial charge in [0, 0.05) is 18.3 Å². The zero-order chi connectivity index (χ0) is 24.7. The molecule has 194 valence electrons. The van der Waals surface area contributed by atoms with Crippen molar-refractivity contribution in [2.75, 3.05) is 13.2 Å². The Morgan fingerprint density at radius 2 is 1.12 bits per heavy atom. The van der Waals surface area contributed by atoms with Gasteiger partial charge in [0.2, 0.25) is 0 Å². The molecule has 4 nitrogen and oxygen atoms in total. The molecule has 1 rings (SSSR count). The van der Waals surface area contributed by atoms with E-state index in [2.05, 4.69) is 25.3 Å². The van der Waals surface area contributed by atoms with Crippen LogP contribution in [0.25, 0.3) is 0 Å². The van der Waals surface area contributed by atoms with Crippen molar-refractivity contribution in [2.45, 2.75) is 122 Å². The van der Waals surface area contributed by atoms with Gasteiger partial charge in [-0.05, 0) is 57.8 Å². The molecule has 0 spiro atoms. The van der Waals surface area contributed by atoms with Gasteiger partial charge in [-0.2, -0.15) is 0 Å². The van der Waals surface area contributed by atoms with Crippen molar-refractivity contribution in [1.82, 2.24) is 0 Å². The third-order valence-corrected chi connectivity index (χ3v) is 6.72. The Balaban J connectivity index is 2.19. The van der Waals surface area contributed by atoms with E-state index in [0.717, 1.165) is 57.8 Å². The second kappa shape index (κ2) is 20.5. The molecule has 0 atom stereocenters. The first-order valence-electron chi connectivity index (χ1n) is 13.8. The molecule has 1 aliphatic carbocycles. The molecule has 0 unspecified atom stereocenters. The van der Waals surface area contributed by atoms with E-state index in [-0.39, 0.29) is 17.4 Å². The summed E-state index contributed by atoms with van der Waals surface area (Å²) in [5.41, 5.74) is -0.267. The predicted octanol–water partition coefficient (Wildman–Crippen LogP) is 8.41. The molecule has 0 fully saturated rings. The Labute approximate surface area is 209 Å². The maximum absolute atomic E-state index is 12.3. The molecule has 34 heavy (non-hydrogen) atoms. The van der Waals surface area contributed by atoms with E-state index in [1.807, 2.05) is 12.2 Å². The summed E-state index contributed by atoms with van der Waals surface area (Å²) in [4.78, 5) is 24.5. The van der Waals surface area contributed by atoms with Crippen LogP contribution in [0.15, 0.2) is 37.5 Å². The number of allylic oxidation sites excluding steroid dienone is 4. The average molecular weight is 475 g/mol. The molecule has 1 aliphatic rings. The second-order valence-corrected chi connectivity index (χ2v) is 9.93. The van der Waals surface area contributed by atoms with Crippen molar-refractivity contribution >= 4 is 11.9 Å². The van der Waals surface area contributed by atoms with Crippen molar-refractivity contribution in [2.24, 2.45) is 5.41 Å². The van der Waals surface area contributed by atoms with Crippen molar-refractivity contribution in [3.05, 3.63) is 37.5 Å². The van der Waals surface area contributed by atoms with Gasteiger partial charge < -0.3 is 9.47 Å². The summed E-state index contributed by atoms with van der Waals surface area (Å²) in [7, 11) is 0. The third kappa shape index (κ3) is 15.9. The lowest BCUT2D eigenvalue weighted by Gasteiger charge is -2.33. The number of hydrogen-bond donors (Lipinski definition) is 0. The maximum Gasteiger partial charge on any atom is 0.305 e. The average Bonchev–Trinajstić information content (AvgIpc) is 2.85. The summed E-state index contributed by atoms with van der Waals surface area (Å²) >= 11 is 0. The molecule has 0 N–H and O–H groups in total. The number of unbranched alkanes of at least 4 members (excludes halogenated alkanes) is 12. The van der Waals surface area contributed by atoms with Gasteiger partial charge in [0.15, 0.2) is 0 Å². The Kier molecular flexibility index (Phi) is 18.2. The highest BCUT2D eigenvalue weighted by Gasteiger charge is 2.33. The van der Waals surface area contributed by atoms with E-state index >= 15 is 0 Å². The number of esters is 2. The highest BCUT2D eigenvalue weighted by molar-refractivity contribution is 5.69. The SMILES string of the molecule is C=CCCCCCCCCC(=O)OCC1(COC(=O)CCCCCCCCC=C)CC=CCC1. The number of rotatable bonds is 22. The molecule has 0 aromatic carbocycles. The molecule has 4 heteroatoms. The lowest BCUT2D eigenvalue weighted by Crippen LogP contribution is -2.35. The molecule has 0 amide bonds. The minimum absolute atomic E-state index is 0.125. The van der Waals surface area contributed by atoms with Crippen LogP contribution in [0.1, 0.15) is 122 Å². The van der Waals surface area contributed by atoms with Gasteiger partial charge in [-0.15, -0.1) is 13.2 Å². The number of ether oxygens (including phenoxy) is 2. The Bertz CT molecular complexity index is 553. The first-order chi connectivity index (χ1) is 16.6. The van der Waals surface area contributed by atoms with Crippen LogP contribution in [-0.4, -0.2) is 25.2 Å². The van der Waals surface area contributed by atoms with Crippen LogP contribution >= 0.6 is 0 Å². The lowest BCUT2D eigenvalue weighted by atomic mass is 9.78. The third-order valence-electron chi connectivity index (χ3n) is 6.72. The van der Waals surface area contributed by atoms with Crippen LogP contribution < -0.4 is 0 Å². The standard InChI is InChI=1S/C30H50O4/c1-3-5-7-9-11-13-15-18-22-28(31)33-26-30(24-20-17-21-25-30)27-34-29(32)23-19-16-14-12-10-8-6-4-2/h3-4,17,20H,1-2,5-16,18-19,21-27H2. The fourth-order valence-electron chi connectivity index (χ4n) is 4.39. The predicted molar refractivity (Wildman–Crippen MR) is 142 cm³/mol. The van der Waals surface area contributed by atoms with E-state index in [0.29, 0.717) is 26.1 Å². The highest BCUT2D eigenvalue weighted by atomic mass is 16.5. The van der Waals surface area contributed by atoms with E-state index in [4.69, 9.17) is 9.47 Å². The summed E-state index contributed by atoms with van der Waals surface area (Å²) in [6.07, 6.45) is 27.6. The van der Waals surface area contributed by atoms with E-state index in [1.165, 1.54) is 51.4 Å². The Hall–Kier alpha value is -1.84. The number of hydrogen-bond acceptors (Lipinski definition) is 4. The summed E-state index contributed by atoms with van der Waals surface area (Å²) in [6.45, 7) is 8.18. The summed E-state index contributed by atoms with van der Waals surface area (Å²) in [6, 6.07) is 0. The molecule has 0 saturated heterocycles. The molecule has 0 aromatic rings. The first kappa shape index (κ1) is 30.2. The van der Waals surface area contributed by atoms with Gasteiger partial charge in [-0.3, -0.25) is 9.59 Å². The molecule has 0 saturated carbocycles. The second-order valence-electron chi connectivity index (χ2n) is 9.93. The Morgan fingerprint density at radius 1 is 0.676 bits per heavy atom. The zero-order valence-corrected chi connectivity index (χ0v) is 21.7. The van der Waals surface area contributed by atoms with Crippen LogP contribution in [-0.2, 0) is 19.1 Å². The maximum atomic E-state index is 12.3. The molecule has 0 heterocycles. The zero-order valence-electron chi connectivity index (χ0n) is 21.7. The van der Waals surface area contributed by atoms with Crippen molar-refractivity contribution < 1.29 is 19.1 Å². The monoisotopic (exact) mass is 474 g/mol. The highest BCUT2D eigenvalue weighted by Crippen LogP contribution is 2.34. The van der Waals surface area contributed by atoms with Crippen LogP contribution in [0.3, 0.4) is 0 Å². The molecule has 0 radical (unpaired) electrons. The van der Waals surface area contributed by atoms with Crippen molar-refractivity contribution in [3.8, 4) is 0 Å². The number of carbonyl (C=O) groups excluding carboxylic acids is 2. The van der Waals surface area contributed by atoms with E-state index in [1.54, 1.807) is 0 Å². The fourth-order valence-corrected chi connectivity index (χ4v) is 4.39. The van der Waals surface area contributed by atoms with Crippen LogP contribution in [0.2, 0.25) is 0 Å². The minimum Gasteiger partial charge on any atom is -0.465 e. The van der Waals surface area contributed by atoms with Crippen LogP contribution in [0, 0.1) is 5.41 Å². The van der Waals surface area contributed by atoms with Crippen molar-refractivity contribution in [1.29, 1.82) is 0 Å². The molecule has 0 aliphatic heterocycles. The minimum atomic E-state index is -0.267. The summed E-state index contributed by atoms with van der Waals surface area (Å²) in [5.74, 6) is -0.250. The van der Waals surface area contributed by atoms with E-state index in [9.17, 15) is 9.59 Å². The van der Waals surface area contributed by atoms with Gasteiger partial charge in [0.25, 0.3) is 0 Å². The lowest BCUT2D eigenvalue weighted by molar-refractivity contribution is -0.154.